The fourth-order valence-electron chi connectivity index (χ4n) is 2.91. The standard InChI is InChI=1S/C19H17BrN2O4/c1-21(10-12-8-13(20)5-7-16(12)26-3)17(23)11-4-6-14-15(9-11)19(25)22(2)18(14)24/h4-9H,10H2,1-3H3. The molecule has 26 heavy (non-hydrogen) atoms. The van der Waals surface area contributed by atoms with Crippen LogP contribution in [0.15, 0.2) is 40.9 Å². The summed E-state index contributed by atoms with van der Waals surface area (Å²) in [6.07, 6.45) is 0. The maximum Gasteiger partial charge on any atom is 0.261 e. The zero-order chi connectivity index (χ0) is 19.0. The van der Waals surface area contributed by atoms with Crippen LogP contribution in [0.2, 0.25) is 0 Å². The lowest BCUT2D eigenvalue weighted by Crippen LogP contribution is -2.26. The first kappa shape index (κ1) is 18.1. The molecular formula is C19H17BrN2O4. The number of carbonyl (C=O) groups is 3. The van der Waals surface area contributed by atoms with E-state index >= 15 is 0 Å². The van der Waals surface area contributed by atoms with Crippen molar-refractivity contribution in [1.29, 1.82) is 0 Å². The van der Waals surface area contributed by atoms with Gasteiger partial charge in [-0.05, 0) is 36.4 Å². The highest BCUT2D eigenvalue weighted by Gasteiger charge is 2.33. The number of benzene rings is 2. The van der Waals surface area contributed by atoms with Gasteiger partial charge >= 0.3 is 0 Å². The Labute approximate surface area is 159 Å². The van der Waals surface area contributed by atoms with Crippen molar-refractivity contribution in [1.82, 2.24) is 9.80 Å². The number of fused-ring (bicyclic) bond motifs is 1. The minimum atomic E-state index is -0.393. The molecule has 2 aromatic carbocycles. The van der Waals surface area contributed by atoms with E-state index in [0.717, 1.165) is 14.9 Å². The lowest BCUT2D eigenvalue weighted by molar-refractivity contribution is 0.0692. The molecule has 0 fully saturated rings. The SMILES string of the molecule is COc1ccc(Br)cc1CN(C)C(=O)c1ccc2c(c1)C(=O)N(C)C2=O. The number of hydrogen-bond acceptors (Lipinski definition) is 4. The summed E-state index contributed by atoms with van der Waals surface area (Å²) in [5, 5.41) is 0. The van der Waals surface area contributed by atoms with Gasteiger partial charge in [-0.1, -0.05) is 15.9 Å². The molecule has 0 spiro atoms. The summed E-state index contributed by atoms with van der Waals surface area (Å²) >= 11 is 3.42. The van der Waals surface area contributed by atoms with Crippen LogP contribution in [0.3, 0.4) is 0 Å². The van der Waals surface area contributed by atoms with Gasteiger partial charge in [0.2, 0.25) is 0 Å². The molecule has 1 aliphatic rings. The van der Waals surface area contributed by atoms with Crippen LogP contribution in [0.1, 0.15) is 36.6 Å². The predicted octanol–water partition coefficient (Wildman–Crippen LogP) is 2.96. The van der Waals surface area contributed by atoms with Crippen molar-refractivity contribution >= 4 is 33.7 Å². The third-order valence-electron chi connectivity index (χ3n) is 4.33. The molecule has 0 saturated carbocycles. The molecule has 0 aromatic heterocycles. The Balaban J connectivity index is 1.86. The van der Waals surface area contributed by atoms with Crippen molar-refractivity contribution in [3.63, 3.8) is 0 Å². The first-order valence-electron chi connectivity index (χ1n) is 7.87. The summed E-state index contributed by atoms with van der Waals surface area (Å²) in [4.78, 5) is 39.4. The Morgan fingerprint density at radius 2 is 1.81 bits per heavy atom. The Kier molecular flexibility index (Phi) is 4.82. The summed E-state index contributed by atoms with van der Waals surface area (Å²) in [7, 11) is 4.68. The van der Waals surface area contributed by atoms with Gasteiger partial charge in [-0.15, -0.1) is 0 Å². The van der Waals surface area contributed by atoms with Crippen LogP contribution in [0.4, 0.5) is 0 Å². The second kappa shape index (κ2) is 6.92. The third kappa shape index (κ3) is 3.10. The Morgan fingerprint density at radius 3 is 2.50 bits per heavy atom. The van der Waals surface area contributed by atoms with Crippen molar-refractivity contribution in [2.24, 2.45) is 0 Å². The van der Waals surface area contributed by atoms with Crippen LogP contribution in [-0.4, -0.2) is 48.7 Å². The molecule has 0 bridgehead atoms. The van der Waals surface area contributed by atoms with Crippen LogP contribution in [0, 0.1) is 0 Å². The third-order valence-corrected chi connectivity index (χ3v) is 4.83. The topological polar surface area (TPSA) is 66.9 Å². The number of ether oxygens (including phenoxy) is 1. The average molecular weight is 417 g/mol. The Morgan fingerprint density at radius 1 is 1.12 bits per heavy atom. The van der Waals surface area contributed by atoms with E-state index in [4.69, 9.17) is 4.74 Å². The van der Waals surface area contributed by atoms with E-state index < -0.39 is 5.91 Å². The van der Waals surface area contributed by atoms with Gasteiger partial charge < -0.3 is 9.64 Å². The number of methoxy groups -OCH3 is 1. The molecule has 0 radical (unpaired) electrons. The monoisotopic (exact) mass is 416 g/mol. The predicted molar refractivity (Wildman–Crippen MR) is 99.4 cm³/mol. The Hall–Kier alpha value is -2.67. The van der Waals surface area contributed by atoms with Crippen molar-refractivity contribution < 1.29 is 19.1 Å². The number of carbonyl (C=O) groups excluding carboxylic acids is 3. The van der Waals surface area contributed by atoms with Gasteiger partial charge in [-0.25, -0.2) is 0 Å². The summed E-state index contributed by atoms with van der Waals surface area (Å²) in [6, 6.07) is 10.2. The molecule has 1 aliphatic heterocycles. The lowest BCUT2D eigenvalue weighted by Gasteiger charge is -2.19. The largest absolute Gasteiger partial charge is 0.496 e. The maximum absolute atomic E-state index is 12.8. The van der Waals surface area contributed by atoms with Crippen LogP contribution < -0.4 is 4.74 Å². The minimum absolute atomic E-state index is 0.246. The molecule has 7 heteroatoms. The molecule has 2 aromatic rings. The zero-order valence-electron chi connectivity index (χ0n) is 14.6. The number of halogens is 1. The van der Waals surface area contributed by atoms with Gasteiger partial charge in [0.25, 0.3) is 17.7 Å². The van der Waals surface area contributed by atoms with Crippen LogP contribution in [-0.2, 0) is 6.54 Å². The molecular weight excluding hydrogens is 400 g/mol. The highest BCUT2D eigenvalue weighted by atomic mass is 79.9. The van der Waals surface area contributed by atoms with Crippen molar-refractivity contribution in [3.05, 3.63) is 63.1 Å². The lowest BCUT2D eigenvalue weighted by atomic mass is 10.0. The van der Waals surface area contributed by atoms with E-state index in [9.17, 15) is 14.4 Å². The molecule has 0 atom stereocenters. The van der Waals surface area contributed by atoms with Gasteiger partial charge in [0, 0.05) is 36.2 Å². The summed E-state index contributed by atoms with van der Waals surface area (Å²) in [5.41, 5.74) is 1.80. The fraction of sp³-hybridized carbons (Fsp3) is 0.211. The molecule has 0 unspecified atom stereocenters. The van der Waals surface area contributed by atoms with E-state index in [1.165, 1.54) is 24.1 Å². The van der Waals surface area contributed by atoms with Crippen LogP contribution in [0.5, 0.6) is 5.75 Å². The molecule has 6 nitrogen and oxygen atoms in total. The van der Waals surface area contributed by atoms with E-state index in [-0.39, 0.29) is 17.4 Å². The molecule has 134 valence electrons. The summed E-state index contributed by atoms with van der Waals surface area (Å²) in [6.45, 7) is 0.339. The Bertz CT molecular complexity index is 926. The minimum Gasteiger partial charge on any atom is -0.496 e. The highest BCUT2D eigenvalue weighted by molar-refractivity contribution is 9.10. The molecule has 0 saturated heterocycles. The van der Waals surface area contributed by atoms with Crippen LogP contribution >= 0.6 is 15.9 Å². The maximum atomic E-state index is 12.8. The second-order valence-corrected chi connectivity index (χ2v) is 6.96. The van der Waals surface area contributed by atoms with E-state index in [1.807, 2.05) is 18.2 Å². The quantitative estimate of drug-likeness (QED) is 0.718. The van der Waals surface area contributed by atoms with E-state index in [2.05, 4.69) is 15.9 Å². The van der Waals surface area contributed by atoms with E-state index in [0.29, 0.717) is 23.4 Å². The van der Waals surface area contributed by atoms with Gasteiger partial charge in [0.05, 0.1) is 18.2 Å². The van der Waals surface area contributed by atoms with Crippen molar-refractivity contribution in [2.75, 3.05) is 21.2 Å². The zero-order valence-corrected chi connectivity index (χ0v) is 16.2. The number of rotatable bonds is 4. The van der Waals surface area contributed by atoms with E-state index in [1.54, 1.807) is 20.2 Å². The normalized spacial score (nSPS) is 13.0. The smallest absolute Gasteiger partial charge is 0.261 e. The molecule has 3 rings (SSSR count). The molecule has 1 heterocycles. The first-order chi connectivity index (χ1) is 12.3. The fourth-order valence-corrected chi connectivity index (χ4v) is 3.32. The molecule has 3 amide bonds. The van der Waals surface area contributed by atoms with Gasteiger partial charge in [-0.2, -0.15) is 0 Å². The number of amides is 3. The summed E-state index contributed by atoms with van der Waals surface area (Å²) < 4.78 is 6.23. The highest BCUT2D eigenvalue weighted by Crippen LogP contribution is 2.26. The van der Waals surface area contributed by atoms with Gasteiger partial charge in [-0.3, -0.25) is 19.3 Å². The summed E-state index contributed by atoms with van der Waals surface area (Å²) in [5.74, 6) is -0.305. The second-order valence-electron chi connectivity index (χ2n) is 6.05. The van der Waals surface area contributed by atoms with Crippen LogP contribution in [0.25, 0.3) is 0 Å². The average Bonchev–Trinajstić information content (AvgIpc) is 2.85. The van der Waals surface area contributed by atoms with Crippen molar-refractivity contribution in [2.45, 2.75) is 6.54 Å². The molecule has 0 aliphatic carbocycles. The number of nitrogens with zero attached hydrogens (tertiary/aromatic N) is 2. The van der Waals surface area contributed by atoms with Gasteiger partial charge in [0.15, 0.2) is 0 Å². The molecule has 0 N–H and O–H groups in total. The number of hydrogen-bond donors (Lipinski definition) is 0. The number of imide groups is 1. The first-order valence-corrected chi connectivity index (χ1v) is 8.67. The van der Waals surface area contributed by atoms with Crippen molar-refractivity contribution in [3.8, 4) is 5.75 Å². The van der Waals surface area contributed by atoms with Gasteiger partial charge in [0.1, 0.15) is 5.75 Å².